The number of rotatable bonds is 7. The number of likely N-dealkylation sites (tertiary alicyclic amines) is 1. The van der Waals surface area contributed by atoms with E-state index in [-0.39, 0.29) is 30.7 Å². The van der Waals surface area contributed by atoms with Crippen molar-refractivity contribution in [3.05, 3.63) is 59.7 Å². The van der Waals surface area contributed by atoms with Crippen molar-refractivity contribution in [3.8, 4) is 5.75 Å². The molecule has 158 valence electrons. The highest BCUT2D eigenvalue weighted by Crippen LogP contribution is 2.18. The van der Waals surface area contributed by atoms with Gasteiger partial charge in [0.15, 0.2) is 0 Å². The average molecular weight is 409 g/mol. The molecule has 3 rings (SSSR count). The molecule has 0 aromatic heterocycles. The first-order valence-corrected chi connectivity index (χ1v) is 10.2. The molecule has 2 aromatic carbocycles. The molecule has 7 heteroatoms. The molecule has 3 amide bonds. The van der Waals surface area contributed by atoms with E-state index in [4.69, 9.17) is 4.74 Å². The Bertz CT molecular complexity index is 890. The summed E-state index contributed by atoms with van der Waals surface area (Å²) in [6.07, 6.45) is 3.52. The third-order valence-electron chi connectivity index (χ3n) is 5.11. The number of nitrogens with zero attached hydrogens (tertiary/aromatic N) is 1. The first-order chi connectivity index (χ1) is 14.6. The lowest BCUT2D eigenvalue weighted by atomic mass is 10.1. The van der Waals surface area contributed by atoms with Crippen LogP contribution < -0.4 is 15.4 Å². The minimum Gasteiger partial charge on any atom is -0.497 e. The van der Waals surface area contributed by atoms with E-state index in [0.29, 0.717) is 22.6 Å². The maximum absolute atomic E-state index is 12.6. The van der Waals surface area contributed by atoms with Crippen LogP contribution in [0.3, 0.4) is 0 Å². The van der Waals surface area contributed by atoms with Gasteiger partial charge in [-0.05, 0) is 55.7 Å². The summed E-state index contributed by atoms with van der Waals surface area (Å²) in [5.74, 6) is 0.0757. The Hall–Kier alpha value is -3.35. The first kappa shape index (κ1) is 21.4. The Morgan fingerprint density at radius 1 is 0.933 bits per heavy atom. The normalized spacial score (nSPS) is 13.4. The number of ether oxygens (including phenoxy) is 1. The van der Waals surface area contributed by atoms with Gasteiger partial charge >= 0.3 is 0 Å². The van der Waals surface area contributed by atoms with Gasteiger partial charge in [0.25, 0.3) is 11.8 Å². The second-order valence-corrected chi connectivity index (χ2v) is 7.18. The van der Waals surface area contributed by atoms with Gasteiger partial charge in [0.1, 0.15) is 5.75 Å². The van der Waals surface area contributed by atoms with Crippen LogP contribution in [-0.2, 0) is 4.79 Å². The van der Waals surface area contributed by atoms with Gasteiger partial charge in [-0.25, -0.2) is 0 Å². The third kappa shape index (κ3) is 5.59. The van der Waals surface area contributed by atoms with Crippen molar-refractivity contribution in [2.45, 2.75) is 25.7 Å². The van der Waals surface area contributed by atoms with Crippen molar-refractivity contribution in [2.75, 3.05) is 32.1 Å². The first-order valence-electron chi connectivity index (χ1n) is 10.2. The van der Waals surface area contributed by atoms with Gasteiger partial charge in [-0.1, -0.05) is 12.1 Å². The van der Waals surface area contributed by atoms with Crippen molar-refractivity contribution in [1.82, 2.24) is 10.2 Å². The van der Waals surface area contributed by atoms with E-state index in [1.807, 2.05) is 4.90 Å². The highest BCUT2D eigenvalue weighted by Gasteiger charge is 2.17. The Kier molecular flexibility index (Phi) is 7.43. The predicted octanol–water partition coefficient (Wildman–Crippen LogP) is 3.08. The molecule has 0 radical (unpaired) electrons. The van der Waals surface area contributed by atoms with E-state index in [1.54, 1.807) is 55.6 Å². The standard InChI is InChI=1S/C23H27N3O4/c1-30-18-11-9-17(10-12-18)22(28)25-20-8-4-3-7-19(20)23(29)24-14-13-21(27)26-15-5-2-6-16-26/h3-4,7-12H,2,5-6,13-16H2,1H3,(H,24,29)(H,25,28). The largest absolute Gasteiger partial charge is 0.497 e. The third-order valence-corrected chi connectivity index (χ3v) is 5.11. The van der Waals surface area contributed by atoms with Gasteiger partial charge in [-0.3, -0.25) is 14.4 Å². The lowest BCUT2D eigenvalue weighted by Gasteiger charge is -2.26. The zero-order valence-corrected chi connectivity index (χ0v) is 17.1. The monoisotopic (exact) mass is 409 g/mol. The lowest BCUT2D eigenvalue weighted by Crippen LogP contribution is -2.37. The van der Waals surface area contributed by atoms with Crippen molar-refractivity contribution >= 4 is 23.4 Å². The highest BCUT2D eigenvalue weighted by molar-refractivity contribution is 6.09. The van der Waals surface area contributed by atoms with Crippen LogP contribution in [0.4, 0.5) is 5.69 Å². The van der Waals surface area contributed by atoms with Crippen molar-refractivity contribution in [3.63, 3.8) is 0 Å². The number of hydrogen-bond acceptors (Lipinski definition) is 4. The number of hydrogen-bond donors (Lipinski definition) is 2. The molecule has 0 unspecified atom stereocenters. The van der Waals surface area contributed by atoms with Gasteiger partial charge in [0, 0.05) is 31.6 Å². The summed E-state index contributed by atoms with van der Waals surface area (Å²) in [4.78, 5) is 39.3. The molecule has 2 aromatic rings. The Morgan fingerprint density at radius 3 is 2.33 bits per heavy atom. The summed E-state index contributed by atoms with van der Waals surface area (Å²) in [5, 5.41) is 5.56. The topological polar surface area (TPSA) is 87.7 Å². The van der Waals surface area contributed by atoms with Crippen LogP contribution >= 0.6 is 0 Å². The molecule has 1 aliphatic heterocycles. The predicted molar refractivity (Wildman–Crippen MR) is 115 cm³/mol. The number of nitrogens with one attached hydrogen (secondary N) is 2. The van der Waals surface area contributed by atoms with Crippen LogP contribution in [-0.4, -0.2) is 49.4 Å². The SMILES string of the molecule is COc1ccc(C(=O)Nc2ccccc2C(=O)NCCC(=O)N2CCCCC2)cc1. The molecule has 2 N–H and O–H groups in total. The Balaban J connectivity index is 1.57. The zero-order chi connectivity index (χ0) is 21.3. The van der Waals surface area contributed by atoms with E-state index in [1.165, 1.54) is 6.42 Å². The molecule has 1 aliphatic rings. The van der Waals surface area contributed by atoms with Crippen molar-refractivity contribution in [1.29, 1.82) is 0 Å². The van der Waals surface area contributed by atoms with Crippen LogP contribution in [0.5, 0.6) is 5.75 Å². The Labute approximate surface area is 176 Å². The molecule has 0 aliphatic carbocycles. The smallest absolute Gasteiger partial charge is 0.255 e. The molecule has 0 saturated carbocycles. The van der Waals surface area contributed by atoms with Crippen LogP contribution in [0, 0.1) is 0 Å². The van der Waals surface area contributed by atoms with Gasteiger partial charge < -0.3 is 20.3 Å². The number of carbonyl (C=O) groups excluding carboxylic acids is 3. The van der Waals surface area contributed by atoms with Crippen LogP contribution in [0.1, 0.15) is 46.4 Å². The van der Waals surface area contributed by atoms with Crippen LogP contribution in [0.15, 0.2) is 48.5 Å². The summed E-state index contributed by atoms with van der Waals surface area (Å²) >= 11 is 0. The van der Waals surface area contributed by atoms with Crippen LogP contribution in [0.2, 0.25) is 0 Å². The summed E-state index contributed by atoms with van der Waals surface area (Å²) in [5.41, 5.74) is 1.22. The summed E-state index contributed by atoms with van der Waals surface area (Å²) in [7, 11) is 1.56. The number of anilines is 1. The highest BCUT2D eigenvalue weighted by atomic mass is 16.5. The summed E-state index contributed by atoms with van der Waals surface area (Å²) in [6.45, 7) is 1.86. The second-order valence-electron chi connectivity index (χ2n) is 7.18. The van der Waals surface area contributed by atoms with Gasteiger partial charge in [0.05, 0.1) is 18.4 Å². The van der Waals surface area contributed by atoms with E-state index >= 15 is 0 Å². The summed E-state index contributed by atoms with van der Waals surface area (Å²) in [6, 6.07) is 13.5. The second kappa shape index (κ2) is 10.4. The fourth-order valence-corrected chi connectivity index (χ4v) is 3.41. The molecule has 1 heterocycles. The number of carbonyl (C=O) groups is 3. The lowest BCUT2D eigenvalue weighted by molar-refractivity contribution is -0.131. The molecule has 7 nitrogen and oxygen atoms in total. The van der Waals surface area contributed by atoms with Crippen LogP contribution in [0.25, 0.3) is 0 Å². The average Bonchev–Trinajstić information content (AvgIpc) is 2.79. The fraction of sp³-hybridized carbons (Fsp3) is 0.348. The van der Waals surface area contributed by atoms with Crippen molar-refractivity contribution in [2.24, 2.45) is 0 Å². The number of benzene rings is 2. The maximum Gasteiger partial charge on any atom is 0.255 e. The molecule has 0 spiro atoms. The van der Waals surface area contributed by atoms with E-state index < -0.39 is 0 Å². The van der Waals surface area contributed by atoms with Crippen molar-refractivity contribution < 1.29 is 19.1 Å². The van der Waals surface area contributed by atoms with Gasteiger partial charge in [0.2, 0.25) is 5.91 Å². The van der Waals surface area contributed by atoms with E-state index in [2.05, 4.69) is 10.6 Å². The quantitative estimate of drug-likeness (QED) is 0.736. The van der Waals surface area contributed by atoms with E-state index in [9.17, 15) is 14.4 Å². The number of piperidine rings is 1. The molecule has 30 heavy (non-hydrogen) atoms. The molecular formula is C23H27N3O4. The van der Waals surface area contributed by atoms with E-state index in [0.717, 1.165) is 25.9 Å². The molecule has 0 bridgehead atoms. The molecule has 1 saturated heterocycles. The molecule has 0 atom stereocenters. The minimum atomic E-state index is -0.327. The zero-order valence-electron chi connectivity index (χ0n) is 17.1. The number of para-hydroxylation sites is 1. The number of methoxy groups -OCH3 is 1. The van der Waals surface area contributed by atoms with Gasteiger partial charge in [-0.2, -0.15) is 0 Å². The summed E-state index contributed by atoms with van der Waals surface area (Å²) < 4.78 is 5.10. The molecular weight excluding hydrogens is 382 g/mol. The Morgan fingerprint density at radius 2 is 1.63 bits per heavy atom. The van der Waals surface area contributed by atoms with Gasteiger partial charge in [-0.15, -0.1) is 0 Å². The number of amides is 3. The fourth-order valence-electron chi connectivity index (χ4n) is 3.41. The molecule has 1 fully saturated rings. The maximum atomic E-state index is 12.6. The minimum absolute atomic E-state index is 0.0658.